The molecule has 1 amide bonds. The zero-order chi connectivity index (χ0) is 20.7. The van der Waals surface area contributed by atoms with Crippen LogP contribution in [0.2, 0.25) is 0 Å². The molecule has 1 heterocycles. The number of esters is 1. The first kappa shape index (κ1) is 21.1. The summed E-state index contributed by atoms with van der Waals surface area (Å²) in [4.78, 5) is 25.4. The zero-order valence-corrected chi connectivity index (χ0v) is 17.4. The maximum absolute atomic E-state index is 12.9. The maximum atomic E-state index is 12.9. The molecule has 0 saturated carbocycles. The van der Waals surface area contributed by atoms with E-state index in [4.69, 9.17) is 4.74 Å². The Bertz CT molecular complexity index is 822. The molecule has 0 aliphatic carbocycles. The van der Waals surface area contributed by atoms with E-state index in [9.17, 15) is 9.59 Å². The molecule has 0 bridgehead atoms. The van der Waals surface area contributed by atoms with E-state index in [1.807, 2.05) is 62.4 Å². The summed E-state index contributed by atoms with van der Waals surface area (Å²) < 4.78 is 5.98. The summed E-state index contributed by atoms with van der Waals surface area (Å²) in [6.07, 6.45) is 3.21. The third kappa shape index (κ3) is 5.91. The van der Waals surface area contributed by atoms with Gasteiger partial charge in [0.2, 0.25) is 0 Å². The molecule has 29 heavy (non-hydrogen) atoms. The number of rotatable bonds is 7. The van der Waals surface area contributed by atoms with Gasteiger partial charge in [-0.1, -0.05) is 48.5 Å². The number of hydrogen-bond donors (Lipinski definition) is 1. The van der Waals surface area contributed by atoms with Crippen LogP contribution in [0.5, 0.6) is 0 Å². The average molecular weight is 396 g/mol. The van der Waals surface area contributed by atoms with Crippen molar-refractivity contribution in [2.24, 2.45) is 0 Å². The Morgan fingerprint density at radius 2 is 1.55 bits per heavy atom. The van der Waals surface area contributed by atoms with E-state index in [1.165, 1.54) is 0 Å². The first-order valence-corrected chi connectivity index (χ1v) is 10.4. The minimum atomic E-state index is -0.240. The Kier molecular flexibility index (Phi) is 7.04. The first-order chi connectivity index (χ1) is 14.0. The molecule has 3 rings (SSSR count). The van der Waals surface area contributed by atoms with Crippen LogP contribution in [0, 0.1) is 13.8 Å². The molecule has 1 saturated heterocycles. The van der Waals surface area contributed by atoms with E-state index in [2.05, 4.69) is 5.32 Å². The summed E-state index contributed by atoms with van der Waals surface area (Å²) in [7, 11) is 0. The van der Waals surface area contributed by atoms with E-state index in [-0.39, 0.29) is 25.0 Å². The number of hydrogen-bond acceptors (Lipinski definition) is 3. The van der Waals surface area contributed by atoms with Crippen molar-refractivity contribution >= 4 is 17.6 Å². The van der Waals surface area contributed by atoms with Crippen LogP contribution in [0.25, 0.3) is 0 Å². The lowest BCUT2D eigenvalue weighted by atomic mass is 10.1. The Hall–Kier alpha value is -2.66. The summed E-state index contributed by atoms with van der Waals surface area (Å²) in [6, 6.07) is 15.7. The maximum Gasteiger partial charge on any atom is 0.362 e. The number of anilines is 1. The molecular formula is C24H31N2O3+. The van der Waals surface area contributed by atoms with Crippen molar-refractivity contribution in [1.29, 1.82) is 0 Å². The number of aryl methyl sites for hydroxylation is 2. The SMILES string of the molecule is Cc1cccc(C)c1NC(=O)C[N+]1(CC(=O)OCc2ccccc2)CCCCC1. The number of carbonyl (C=O) groups excluding carboxylic acids is 2. The Morgan fingerprint density at radius 3 is 2.21 bits per heavy atom. The van der Waals surface area contributed by atoms with Crippen LogP contribution in [-0.4, -0.2) is 42.5 Å². The molecule has 1 N–H and O–H groups in total. The van der Waals surface area contributed by atoms with E-state index in [0.717, 1.165) is 54.7 Å². The minimum Gasteiger partial charge on any atom is -0.457 e. The molecule has 5 nitrogen and oxygen atoms in total. The van der Waals surface area contributed by atoms with Crippen LogP contribution in [-0.2, 0) is 20.9 Å². The monoisotopic (exact) mass is 395 g/mol. The summed E-state index contributed by atoms with van der Waals surface area (Å²) in [5, 5.41) is 3.07. The normalized spacial score (nSPS) is 15.5. The topological polar surface area (TPSA) is 55.4 Å². The number of amides is 1. The molecule has 0 unspecified atom stereocenters. The molecule has 5 heteroatoms. The van der Waals surface area contributed by atoms with Crippen molar-refractivity contribution < 1.29 is 18.8 Å². The number of carbonyl (C=O) groups is 2. The predicted octanol–water partition coefficient (Wildman–Crippen LogP) is 3.99. The summed E-state index contributed by atoms with van der Waals surface area (Å²) in [5.41, 5.74) is 3.94. The second kappa shape index (κ2) is 9.70. The highest BCUT2D eigenvalue weighted by Crippen LogP contribution is 2.22. The quantitative estimate of drug-likeness (QED) is 0.570. The summed E-state index contributed by atoms with van der Waals surface area (Å²) >= 11 is 0. The highest BCUT2D eigenvalue weighted by molar-refractivity contribution is 5.93. The molecule has 0 atom stereocenters. The van der Waals surface area contributed by atoms with Gasteiger partial charge in [0.1, 0.15) is 6.61 Å². The summed E-state index contributed by atoms with van der Waals surface area (Å²) in [5.74, 6) is -0.282. The molecule has 0 radical (unpaired) electrons. The van der Waals surface area contributed by atoms with Crippen molar-refractivity contribution in [3.05, 3.63) is 65.2 Å². The molecule has 1 fully saturated rings. The van der Waals surface area contributed by atoms with Crippen molar-refractivity contribution in [3.8, 4) is 0 Å². The number of quaternary nitrogens is 1. The van der Waals surface area contributed by atoms with Gasteiger partial charge >= 0.3 is 5.97 Å². The van der Waals surface area contributed by atoms with E-state index >= 15 is 0 Å². The smallest absolute Gasteiger partial charge is 0.362 e. The van der Waals surface area contributed by atoms with E-state index < -0.39 is 0 Å². The lowest BCUT2D eigenvalue weighted by Crippen LogP contribution is -2.57. The van der Waals surface area contributed by atoms with Gasteiger partial charge in [-0.25, -0.2) is 4.79 Å². The fraction of sp³-hybridized carbons (Fsp3) is 0.417. The fourth-order valence-corrected chi connectivity index (χ4v) is 4.11. The van der Waals surface area contributed by atoms with Crippen LogP contribution in [0.4, 0.5) is 5.69 Å². The lowest BCUT2D eigenvalue weighted by Gasteiger charge is -2.40. The Morgan fingerprint density at radius 1 is 0.897 bits per heavy atom. The molecule has 0 aromatic heterocycles. The summed E-state index contributed by atoms with van der Waals surface area (Å²) in [6.45, 7) is 6.47. The second-order valence-corrected chi connectivity index (χ2v) is 8.13. The second-order valence-electron chi connectivity index (χ2n) is 8.13. The van der Waals surface area contributed by atoms with Crippen molar-refractivity contribution in [2.45, 2.75) is 39.7 Å². The number of piperidine rings is 1. The highest BCUT2D eigenvalue weighted by atomic mass is 16.5. The highest BCUT2D eigenvalue weighted by Gasteiger charge is 2.35. The molecule has 2 aromatic rings. The van der Waals surface area contributed by atoms with Crippen molar-refractivity contribution in [2.75, 3.05) is 31.5 Å². The molecule has 1 aliphatic heterocycles. The van der Waals surface area contributed by atoms with Gasteiger partial charge in [-0.2, -0.15) is 0 Å². The molecule has 2 aromatic carbocycles. The number of nitrogens with one attached hydrogen (secondary N) is 1. The molecule has 1 aliphatic rings. The predicted molar refractivity (Wildman–Crippen MR) is 114 cm³/mol. The van der Waals surface area contributed by atoms with Gasteiger partial charge in [0.05, 0.1) is 13.1 Å². The van der Waals surface area contributed by atoms with Gasteiger partial charge in [-0.15, -0.1) is 0 Å². The van der Waals surface area contributed by atoms with E-state index in [0.29, 0.717) is 11.0 Å². The third-order valence-electron chi connectivity index (χ3n) is 5.70. The number of likely N-dealkylation sites (tertiary alicyclic amines) is 1. The Balaban J connectivity index is 1.63. The van der Waals surface area contributed by atoms with Crippen molar-refractivity contribution in [1.82, 2.24) is 0 Å². The van der Waals surface area contributed by atoms with Crippen LogP contribution in [0.15, 0.2) is 48.5 Å². The average Bonchev–Trinajstić information content (AvgIpc) is 2.71. The van der Waals surface area contributed by atoms with Gasteiger partial charge in [-0.3, -0.25) is 4.79 Å². The number of benzene rings is 2. The van der Waals surface area contributed by atoms with E-state index in [1.54, 1.807) is 0 Å². The third-order valence-corrected chi connectivity index (χ3v) is 5.70. The van der Waals surface area contributed by atoms with Crippen LogP contribution in [0.3, 0.4) is 0 Å². The van der Waals surface area contributed by atoms with Crippen LogP contribution in [0.1, 0.15) is 36.0 Å². The lowest BCUT2D eigenvalue weighted by molar-refractivity contribution is -0.918. The molecule has 0 spiro atoms. The van der Waals surface area contributed by atoms with Gasteiger partial charge in [0.25, 0.3) is 5.91 Å². The largest absolute Gasteiger partial charge is 0.457 e. The van der Waals surface area contributed by atoms with Gasteiger partial charge in [0.15, 0.2) is 13.1 Å². The number of ether oxygens (including phenoxy) is 1. The number of para-hydroxylation sites is 1. The first-order valence-electron chi connectivity index (χ1n) is 10.4. The van der Waals surface area contributed by atoms with Gasteiger partial charge in [-0.05, 0) is 49.8 Å². The number of nitrogens with zero attached hydrogens (tertiary/aromatic N) is 1. The van der Waals surface area contributed by atoms with Crippen LogP contribution >= 0.6 is 0 Å². The van der Waals surface area contributed by atoms with Gasteiger partial charge < -0.3 is 14.5 Å². The molecule has 154 valence electrons. The molecular weight excluding hydrogens is 364 g/mol. The van der Waals surface area contributed by atoms with Crippen LogP contribution < -0.4 is 5.32 Å². The zero-order valence-electron chi connectivity index (χ0n) is 17.4. The minimum absolute atomic E-state index is 0.0415. The Labute approximate surface area is 173 Å². The standard InChI is InChI=1S/C24H30N2O3/c1-19-10-9-11-20(2)24(19)25-22(27)16-26(14-7-4-8-15-26)17-23(28)29-18-21-12-5-3-6-13-21/h3,5-6,9-13H,4,7-8,14-18H2,1-2H3/p+1. The fourth-order valence-electron chi connectivity index (χ4n) is 4.11. The van der Waals surface area contributed by atoms with Gasteiger partial charge in [0, 0.05) is 5.69 Å². The van der Waals surface area contributed by atoms with Crippen molar-refractivity contribution in [3.63, 3.8) is 0 Å².